The Morgan fingerprint density at radius 2 is 1.18 bits per heavy atom. The van der Waals surface area contributed by atoms with Crippen LogP contribution in [0.5, 0.6) is 0 Å². The smallest absolute Gasteiger partial charge is 0.268 e. The van der Waals surface area contributed by atoms with Crippen LogP contribution >= 0.6 is 0 Å². The summed E-state index contributed by atoms with van der Waals surface area (Å²) in [6.45, 7) is 1.99. The number of aliphatic hydroxyl groups excluding tert-OH is 2. The van der Waals surface area contributed by atoms with Crippen LogP contribution in [0.4, 0.5) is 0 Å². The van der Waals surface area contributed by atoms with Gasteiger partial charge in [-0.25, -0.2) is 4.98 Å². The lowest BCUT2D eigenvalue weighted by atomic mass is 10.0. The summed E-state index contributed by atoms with van der Waals surface area (Å²) in [4.78, 5) is 152. The number of nitrogens with two attached hydrogens (primary N) is 10. The summed E-state index contributed by atoms with van der Waals surface area (Å²) in [6.07, 6.45) is 5.81. The number of imidazole rings is 1. The fourth-order valence-electron chi connectivity index (χ4n) is 9.39. The van der Waals surface area contributed by atoms with E-state index in [-0.39, 0.29) is 89.2 Å². The second-order valence-corrected chi connectivity index (χ2v) is 21.9. The van der Waals surface area contributed by atoms with Crippen molar-refractivity contribution in [2.75, 3.05) is 65.4 Å². The highest BCUT2D eigenvalue weighted by Gasteiger charge is 2.41. The first kappa shape index (κ1) is 78.6. The van der Waals surface area contributed by atoms with Gasteiger partial charge in [-0.2, -0.15) is 0 Å². The molecule has 1 aliphatic rings. The van der Waals surface area contributed by atoms with Crippen LogP contribution in [0.1, 0.15) is 115 Å². The molecule has 0 spiro atoms. The van der Waals surface area contributed by atoms with Crippen molar-refractivity contribution in [3.8, 4) is 0 Å². The Kier molecular flexibility index (Phi) is 38.5. The Bertz CT molecular complexity index is 2450. The first-order valence-electron chi connectivity index (χ1n) is 30.8. The van der Waals surface area contributed by atoms with Gasteiger partial charge in [0.05, 0.1) is 24.6 Å². The van der Waals surface area contributed by atoms with Gasteiger partial charge in [-0.15, -0.1) is 0 Å². The predicted octanol–water partition coefficient (Wildman–Crippen LogP) is -9.03. The van der Waals surface area contributed by atoms with Crippen LogP contribution in [0, 0.1) is 0 Å². The van der Waals surface area contributed by atoms with Crippen molar-refractivity contribution in [3.05, 3.63) is 30.0 Å². The van der Waals surface area contributed by atoms with E-state index in [1.807, 2.05) is 0 Å². The van der Waals surface area contributed by atoms with Gasteiger partial charge in [-0.3, -0.25) is 52.9 Å². The number of nitrogens with one attached hydrogen (secondary N) is 10. The van der Waals surface area contributed by atoms with Crippen LogP contribution in [0.25, 0.3) is 0 Å². The number of hydrogen-bond acceptors (Lipinski definition) is 22. The molecule has 0 bridgehead atoms. The summed E-state index contributed by atoms with van der Waals surface area (Å²) in [7, 11) is 0. The quantitative estimate of drug-likeness (QED) is 0.0125. The highest BCUT2D eigenvalue weighted by molar-refractivity contribution is 6.02. The van der Waals surface area contributed by atoms with Crippen molar-refractivity contribution in [1.29, 1.82) is 0 Å². The second-order valence-electron chi connectivity index (χ2n) is 21.9. The number of unbranched alkanes of at least 4 members (excludes halogenated alkanes) is 4. The number of aliphatic imine (C=N–C) groups is 1. The molecule has 1 aliphatic heterocycles. The Morgan fingerprint density at radius 3 is 1.74 bits per heavy atom. The molecule has 10 amide bonds. The SMILES string of the molecule is C[C@H](NC(=O)[C@@H](NC(=O)[C@@H](NC(=O)C(N)CCCCN)[C@@H](O)CN)[C@@H](O)CN)C(=O)N[C@H](CCCN)C(=O)N1CCC[C@H]1C(=O)N[C@@H](Cc1cnc[nH]1)C(=O)N[C@@H](CCCCN)C(=O)N/C(=C\CCN=C(N)N)C(=O)N[C@@H](CCCCN)C(=O)NCCCCN. The van der Waals surface area contributed by atoms with Gasteiger partial charge in [0, 0.05) is 51.0 Å². The third kappa shape index (κ3) is 28.6. The van der Waals surface area contributed by atoms with E-state index in [2.05, 4.69) is 62.8 Å². The Labute approximate surface area is 524 Å². The summed E-state index contributed by atoms with van der Waals surface area (Å²) in [6, 6.07) is -12.4. The number of H-pyrrole nitrogens is 1. The van der Waals surface area contributed by atoms with Gasteiger partial charge >= 0.3 is 0 Å². The van der Waals surface area contributed by atoms with Crippen LogP contribution in [-0.4, -0.2) is 222 Å². The van der Waals surface area contributed by atoms with Crippen molar-refractivity contribution >= 4 is 65.0 Å². The molecule has 0 aliphatic carbocycles. The van der Waals surface area contributed by atoms with E-state index in [0.29, 0.717) is 89.7 Å². The van der Waals surface area contributed by atoms with Gasteiger partial charge < -0.3 is 125 Å². The van der Waals surface area contributed by atoms with Crippen molar-refractivity contribution in [2.24, 2.45) is 62.3 Å². The standard InChI is InChI=1S/C55H103N23O12/c1-32(70-52(88)43(41(79)28-61)77-53(89)44(42(80)29-62)76-46(82)34(63)13-2-5-19-56)45(81)74-38(16-10-23-60)54(90)78-26-12-18-40(78)51(87)75-39(27-33-30-66-31-69-33)50(86)73-36(15-4-7-21-58)48(84)72-37(17-11-25-68-55(64)65)49(85)71-35(14-3-6-20-57)47(83)67-24-9-8-22-59/h17,30-32,34-36,38-44,79-80H,2-16,18-29,56-63H2,1H3,(H,66,69)(H,67,83)(H,70,88)(H,71,85)(H,72,84)(H,73,86)(H,74,81)(H,75,87)(H,76,82)(H,77,89)(H4,64,65,68)/b37-17-/t32-,34?,35-,36-,38+,39-,40-,41-,42-,43-,44-/m0/s1. The highest BCUT2D eigenvalue weighted by Crippen LogP contribution is 2.21. The van der Waals surface area contributed by atoms with Crippen LogP contribution in [0.3, 0.4) is 0 Å². The lowest BCUT2D eigenvalue weighted by molar-refractivity contribution is -0.142. The normalized spacial score (nSPS) is 16.5. The van der Waals surface area contributed by atoms with Crippen LogP contribution in [0.15, 0.2) is 29.3 Å². The number of likely N-dealkylation sites (tertiary alicyclic amines) is 1. The van der Waals surface area contributed by atoms with E-state index in [1.165, 1.54) is 30.4 Å². The maximum atomic E-state index is 14.5. The monoisotopic (exact) mass is 1280 g/mol. The molecule has 1 aromatic heterocycles. The maximum Gasteiger partial charge on any atom is 0.268 e. The molecular formula is C55H103N23O12. The fourth-order valence-corrected chi connectivity index (χ4v) is 9.39. The van der Waals surface area contributed by atoms with Crippen LogP contribution in [0.2, 0.25) is 0 Å². The van der Waals surface area contributed by atoms with E-state index in [4.69, 9.17) is 57.3 Å². The second kappa shape index (κ2) is 44.1. The van der Waals surface area contributed by atoms with Gasteiger partial charge in [-0.1, -0.05) is 12.5 Å². The summed E-state index contributed by atoms with van der Waals surface area (Å²) < 4.78 is 0. The number of carbonyl (C=O) groups is 10. The molecule has 11 atom stereocenters. The van der Waals surface area contributed by atoms with Crippen molar-refractivity contribution in [1.82, 2.24) is 62.7 Å². The molecule has 1 fully saturated rings. The molecule has 0 radical (unpaired) electrons. The Balaban J connectivity index is 2.42. The van der Waals surface area contributed by atoms with E-state index in [0.717, 1.165) is 0 Å². The molecular weight excluding hydrogens is 1170 g/mol. The van der Waals surface area contributed by atoms with Gasteiger partial charge in [0.25, 0.3) is 5.91 Å². The van der Waals surface area contributed by atoms with Gasteiger partial charge in [0.2, 0.25) is 53.2 Å². The first-order chi connectivity index (χ1) is 43.0. The van der Waals surface area contributed by atoms with Gasteiger partial charge in [0.1, 0.15) is 54.0 Å². The Morgan fingerprint density at radius 1 is 0.633 bits per heavy atom. The molecule has 2 heterocycles. The molecule has 1 aromatic rings. The lowest BCUT2D eigenvalue weighted by Crippen LogP contribution is -2.64. The summed E-state index contributed by atoms with van der Waals surface area (Å²) >= 11 is 0. The number of carbonyl (C=O) groups excluding carboxylic acids is 10. The molecule has 35 heteroatoms. The zero-order valence-corrected chi connectivity index (χ0v) is 51.8. The molecule has 1 saturated heterocycles. The van der Waals surface area contributed by atoms with Crippen LogP contribution < -0.4 is 105 Å². The predicted molar refractivity (Wildman–Crippen MR) is 334 cm³/mol. The average molecular weight is 1280 g/mol. The minimum absolute atomic E-state index is 0.0134. The molecule has 2 rings (SSSR count). The average Bonchev–Trinajstić information content (AvgIpc) is 3.61. The number of aromatic nitrogens is 2. The zero-order valence-electron chi connectivity index (χ0n) is 51.8. The lowest BCUT2D eigenvalue weighted by Gasteiger charge is -2.31. The number of guanidine groups is 1. The molecule has 35 nitrogen and oxygen atoms in total. The van der Waals surface area contributed by atoms with Crippen LogP contribution in [-0.2, 0) is 54.4 Å². The fraction of sp³-hybridized carbons (Fsp3) is 0.709. The Hall–Kier alpha value is -7.48. The summed E-state index contributed by atoms with van der Waals surface area (Å²) in [5.74, 6) is -8.63. The summed E-state index contributed by atoms with van der Waals surface area (Å²) in [5, 5.41) is 44.6. The third-order valence-electron chi connectivity index (χ3n) is 14.6. The number of nitrogens with zero attached hydrogens (tertiary/aromatic N) is 3. The molecule has 0 aromatic carbocycles. The number of hydrogen-bond donors (Lipinski definition) is 22. The zero-order chi connectivity index (χ0) is 67.1. The number of aromatic amines is 1. The molecule has 510 valence electrons. The van der Waals surface area contributed by atoms with E-state index in [9.17, 15) is 58.2 Å². The number of aliphatic hydroxyl groups is 2. The van der Waals surface area contributed by atoms with Crippen molar-refractivity contribution < 1.29 is 58.2 Å². The minimum atomic E-state index is -1.85. The van der Waals surface area contributed by atoms with E-state index < -0.39 is 139 Å². The number of rotatable bonds is 46. The first-order valence-corrected chi connectivity index (χ1v) is 30.8. The minimum Gasteiger partial charge on any atom is -0.389 e. The highest BCUT2D eigenvalue weighted by atomic mass is 16.3. The largest absolute Gasteiger partial charge is 0.389 e. The van der Waals surface area contributed by atoms with Gasteiger partial charge in [-0.05, 0) is 136 Å². The summed E-state index contributed by atoms with van der Waals surface area (Å²) in [5.41, 5.74) is 57.0. The molecule has 32 N–H and O–H groups in total. The third-order valence-corrected chi connectivity index (χ3v) is 14.6. The van der Waals surface area contributed by atoms with E-state index >= 15 is 0 Å². The number of amides is 10. The van der Waals surface area contributed by atoms with Crippen molar-refractivity contribution in [2.45, 2.75) is 183 Å². The molecule has 0 saturated carbocycles. The molecule has 90 heavy (non-hydrogen) atoms. The maximum absolute atomic E-state index is 14.5. The topological polar surface area (TPSA) is 624 Å². The van der Waals surface area contributed by atoms with Gasteiger partial charge in [0.15, 0.2) is 5.96 Å². The van der Waals surface area contributed by atoms with E-state index in [1.54, 1.807) is 0 Å². The molecule has 1 unspecified atom stereocenters. The van der Waals surface area contributed by atoms with Crippen molar-refractivity contribution in [3.63, 3.8) is 0 Å².